The smallest absolute Gasteiger partial charge is 0.317 e. The van der Waals surface area contributed by atoms with Gasteiger partial charge in [-0.1, -0.05) is 61.9 Å². The number of benzene rings is 2. The van der Waals surface area contributed by atoms with Crippen LogP contribution in [0.15, 0.2) is 54.6 Å². The van der Waals surface area contributed by atoms with E-state index in [-0.39, 0.29) is 18.5 Å². The van der Waals surface area contributed by atoms with Crippen LogP contribution in [-0.4, -0.2) is 46.3 Å². The van der Waals surface area contributed by atoms with Crippen LogP contribution in [0.25, 0.3) is 16.8 Å². The molecule has 0 fully saturated rings. The summed E-state index contributed by atoms with van der Waals surface area (Å²) in [5.41, 5.74) is 4.57. The molecule has 0 saturated carbocycles. The fraction of sp³-hybridized carbons (Fsp3) is 0.346. The zero-order valence-electron chi connectivity index (χ0n) is 19.9. The van der Waals surface area contributed by atoms with Gasteiger partial charge in [-0.15, -0.1) is 0 Å². The summed E-state index contributed by atoms with van der Waals surface area (Å²) in [6, 6.07) is 17.6. The number of nitrogens with one attached hydrogen (secondary N) is 2. The topological polar surface area (TPSA) is 79.3 Å². The lowest BCUT2D eigenvalue weighted by Crippen LogP contribution is -2.44. The molecule has 0 saturated heterocycles. The van der Waals surface area contributed by atoms with E-state index in [1.54, 1.807) is 4.68 Å². The first-order valence-corrected chi connectivity index (χ1v) is 11.5. The van der Waals surface area contributed by atoms with Crippen LogP contribution in [0.1, 0.15) is 37.9 Å². The Balaban J connectivity index is 1.93. The summed E-state index contributed by atoms with van der Waals surface area (Å²) in [7, 11) is 0. The Hall–Kier alpha value is -3.61. The van der Waals surface area contributed by atoms with Gasteiger partial charge in [0.05, 0.1) is 11.4 Å². The maximum Gasteiger partial charge on any atom is 0.317 e. The minimum absolute atomic E-state index is 0.0410. The maximum absolute atomic E-state index is 13.1. The van der Waals surface area contributed by atoms with Crippen molar-refractivity contribution in [1.29, 1.82) is 0 Å². The largest absolute Gasteiger partial charge is 0.338 e. The van der Waals surface area contributed by atoms with Gasteiger partial charge in [-0.25, -0.2) is 9.48 Å². The molecule has 0 unspecified atom stereocenters. The van der Waals surface area contributed by atoms with Crippen LogP contribution in [-0.2, 0) is 4.79 Å². The highest BCUT2D eigenvalue weighted by Crippen LogP contribution is 2.34. The molecule has 0 radical (unpaired) electrons. The van der Waals surface area contributed by atoms with Gasteiger partial charge in [0.1, 0.15) is 12.4 Å². The number of rotatable bonds is 9. The van der Waals surface area contributed by atoms with Gasteiger partial charge >= 0.3 is 6.03 Å². The van der Waals surface area contributed by atoms with E-state index in [1.807, 2.05) is 75.4 Å². The number of unbranched alkanes of at least 4 members (excludes halogenated alkanes) is 1. The number of likely N-dealkylation sites (N-methyl/N-ethyl adjacent to an activating group) is 1. The first-order chi connectivity index (χ1) is 16.0. The average molecular weight is 448 g/mol. The molecule has 1 heterocycles. The van der Waals surface area contributed by atoms with Crippen molar-refractivity contribution in [3.8, 4) is 16.8 Å². The first kappa shape index (κ1) is 24.0. The first-order valence-electron chi connectivity index (χ1n) is 11.5. The Morgan fingerprint density at radius 2 is 1.70 bits per heavy atom. The van der Waals surface area contributed by atoms with Crippen molar-refractivity contribution in [2.24, 2.45) is 0 Å². The lowest BCUT2D eigenvalue weighted by atomic mass is 10.1. The van der Waals surface area contributed by atoms with Gasteiger partial charge in [-0.3, -0.25) is 4.79 Å². The van der Waals surface area contributed by atoms with Crippen LogP contribution >= 0.6 is 0 Å². The zero-order chi connectivity index (χ0) is 23.8. The van der Waals surface area contributed by atoms with Crippen LogP contribution in [0.3, 0.4) is 0 Å². The molecule has 3 amide bonds. The van der Waals surface area contributed by atoms with Gasteiger partial charge in [0.25, 0.3) is 0 Å². The molecule has 33 heavy (non-hydrogen) atoms. The molecule has 0 aliphatic heterocycles. The molecule has 0 atom stereocenters. The number of amides is 3. The lowest BCUT2D eigenvalue weighted by Gasteiger charge is -2.21. The molecular formula is C26H33N5O2. The second kappa shape index (κ2) is 11.3. The summed E-state index contributed by atoms with van der Waals surface area (Å²) in [5, 5.41) is 10.7. The normalized spacial score (nSPS) is 10.7. The third-order valence-electron chi connectivity index (χ3n) is 5.53. The van der Waals surface area contributed by atoms with Crippen molar-refractivity contribution in [2.75, 3.05) is 25.0 Å². The van der Waals surface area contributed by atoms with Crippen molar-refractivity contribution in [3.05, 3.63) is 65.9 Å². The van der Waals surface area contributed by atoms with Crippen molar-refractivity contribution < 1.29 is 9.59 Å². The summed E-state index contributed by atoms with van der Waals surface area (Å²) in [6.45, 7) is 8.88. The van der Waals surface area contributed by atoms with Crippen LogP contribution in [0, 0.1) is 13.8 Å². The number of anilines is 1. The van der Waals surface area contributed by atoms with E-state index >= 15 is 0 Å². The van der Waals surface area contributed by atoms with Crippen molar-refractivity contribution in [1.82, 2.24) is 20.0 Å². The van der Waals surface area contributed by atoms with Gasteiger partial charge in [0, 0.05) is 18.7 Å². The highest BCUT2D eigenvalue weighted by atomic mass is 16.2. The fourth-order valence-corrected chi connectivity index (χ4v) is 3.72. The summed E-state index contributed by atoms with van der Waals surface area (Å²) >= 11 is 0. The van der Waals surface area contributed by atoms with E-state index in [2.05, 4.69) is 17.6 Å². The molecule has 1 aromatic heterocycles. The summed E-state index contributed by atoms with van der Waals surface area (Å²) < 4.78 is 1.78. The standard InChI is InChI=1S/C26H33N5O2/c1-5-7-17-27-26(33)30(6-2)18-23(32)28-25-24(21-14-9-8-10-15-21)20(4)29-31(25)22-16-12-11-13-19(22)3/h8-16H,5-7,17-18H2,1-4H3,(H,27,33)(H,28,32). The Kier molecular flexibility index (Phi) is 8.24. The quantitative estimate of drug-likeness (QED) is 0.457. The Labute approximate surface area is 195 Å². The fourth-order valence-electron chi connectivity index (χ4n) is 3.72. The Morgan fingerprint density at radius 3 is 2.36 bits per heavy atom. The van der Waals surface area contributed by atoms with E-state index < -0.39 is 0 Å². The van der Waals surface area contributed by atoms with Crippen LogP contribution in [0.4, 0.5) is 10.6 Å². The van der Waals surface area contributed by atoms with Crippen LogP contribution in [0.5, 0.6) is 0 Å². The van der Waals surface area contributed by atoms with Crippen molar-refractivity contribution in [2.45, 2.75) is 40.5 Å². The lowest BCUT2D eigenvalue weighted by molar-refractivity contribution is -0.116. The molecule has 2 aromatic carbocycles. The van der Waals surface area contributed by atoms with Gasteiger partial charge in [0.15, 0.2) is 0 Å². The minimum atomic E-state index is -0.269. The molecule has 7 nitrogen and oxygen atoms in total. The minimum Gasteiger partial charge on any atom is -0.338 e. The second-order valence-corrected chi connectivity index (χ2v) is 8.02. The zero-order valence-corrected chi connectivity index (χ0v) is 19.9. The van der Waals surface area contributed by atoms with Gasteiger partial charge < -0.3 is 15.5 Å². The number of carbonyl (C=O) groups excluding carboxylic acids is 2. The molecule has 3 rings (SSSR count). The Bertz CT molecular complexity index is 1090. The van der Waals surface area contributed by atoms with Gasteiger partial charge in [-0.05, 0) is 44.4 Å². The number of urea groups is 1. The molecule has 0 aliphatic carbocycles. The highest BCUT2D eigenvalue weighted by Gasteiger charge is 2.22. The van der Waals surface area contributed by atoms with Crippen LogP contribution < -0.4 is 10.6 Å². The van der Waals surface area contributed by atoms with Gasteiger partial charge in [0.2, 0.25) is 5.91 Å². The average Bonchev–Trinajstić information content (AvgIpc) is 3.13. The number of aromatic nitrogens is 2. The second-order valence-electron chi connectivity index (χ2n) is 8.02. The van der Waals surface area contributed by atoms with E-state index in [9.17, 15) is 9.59 Å². The number of para-hydroxylation sites is 1. The molecule has 174 valence electrons. The number of nitrogens with zero attached hydrogens (tertiary/aromatic N) is 3. The van der Waals surface area contributed by atoms with Crippen LogP contribution in [0.2, 0.25) is 0 Å². The van der Waals surface area contributed by atoms with E-state index in [0.29, 0.717) is 18.9 Å². The molecular weight excluding hydrogens is 414 g/mol. The third-order valence-corrected chi connectivity index (χ3v) is 5.53. The number of aryl methyl sites for hydroxylation is 2. The molecule has 0 bridgehead atoms. The third kappa shape index (κ3) is 5.80. The SMILES string of the molecule is CCCCNC(=O)N(CC)CC(=O)Nc1c(-c2ccccc2)c(C)nn1-c1ccccc1C. The highest BCUT2D eigenvalue weighted by molar-refractivity contribution is 5.97. The number of carbonyl (C=O) groups is 2. The summed E-state index contributed by atoms with van der Waals surface area (Å²) in [4.78, 5) is 27.1. The monoisotopic (exact) mass is 447 g/mol. The predicted molar refractivity (Wildman–Crippen MR) is 133 cm³/mol. The summed E-state index contributed by atoms with van der Waals surface area (Å²) in [6.07, 6.45) is 1.90. The molecule has 0 spiro atoms. The molecule has 2 N–H and O–H groups in total. The summed E-state index contributed by atoms with van der Waals surface area (Å²) in [5.74, 6) is 0.329. The van der Waals surface area contributed by atoms with E-state index in [4.69, 9.17) is 5.10 Å². The van der Waals surface area contributed by atoms with E-state index in [0.717, 1.165) is 40.9 Å². The molecule has 7 heteroatoms. The van der Waals surface area contributed by atoms with Gasteiger partial charge in [-0.2, -0.15) is 5.10 Å². The number of hydrogen-bond donors (Lipinski definition) is 2. The predicted octanol–water partition coefficient (Wildman–Crippen LogP) is 4.93. The molecule has 0 aliphatic rings. The molecule has 3 aromatic rings. The number of hydrogen-bond acceptors (Lipinski definition) is 3. The van der Waals surface area contributed by atoms with E-state index in [1.165, 1.54) is 4.90 Å². The van der Waals surface area contributed by atoms with Crippen molar-refractivity contribution in [3.63, 3.8) is 0 Å². The maximum atomic E-state index is 13.1. The Morgan fingerprint density at radius 1 is 1.00 bits per heavy atom. The van der Waals surface area contributed by atoms with Crippen molar-refractivity contribution >= 4 is 17.8 Å².